The van der Waals surface area contributed by atoms with Crippen LogP contribution in [0.3, 0.4) is 0 Å². The number of rotatable bonds is 14. The van der Waals surface area contributed by atoms with Crippen LogP contribution in [-0.4, -0.2) is 117 Å². The molecule has 16 nitrogen and oxygen atoms in total. The maximum atomic E-state index is 15.5. The van der Waals surface area contributed by atoms with Crippen molar-refractivity contribution in [3.63, 3.8) is 0 Å². The van der Waals surface area contributed by atoms with Crippen LogP contribution in [0.4, 0.5) is 33.2 Å². The molecule has 3 N–H and O–H groups in total. The average Bonchev–Trinajstić information content (AvgIpc) is 3.57. The number of para-hydroxylation sites is 1. The first-order valence-corrected chi connectivity index (χ1v) is 26.8. The van der Waals surface area contributed by atoms with E-state index in [4.69, 9.17) is 9.72 Å². The first kappa shape index (κ1) is 47.4. The largest absolute Gasteiger partial charge is 0.492 e. The Labute approximate surface area is 403 Å². The molecule has 68 heavy (non-hydrogen) atoms. The molecule has 6 heterocycles. The number of aromatic nitrogens is 5. The van der Waals surface area contributed by atoms with Crippen LogP contribution < -0.4 is 36.6 Å². The number of halogens is 2. The Balaban J connectivity index is 0.833. The highest BCUT2D eigenvalue weighted by Crippen LogP contribution is 2.42. The second-order valence-corrected chi connectivity index (χ2v) is 22.2. The number of nitrogens with one attached hydrogen (secondary N) is 3. The smallest absolute Gasteiger partial charge is 0.329 e. The fraction of sp³-hybridized carbons (Fsp3) is 0.429. The molecule has 1 atom stereocenters. The molecule has 0 aliphatic carbocycles. The number of anilines is 5. The molecule has 3 aromatic heterocycles. The molecule has 1 unspecified atom stereocenters. The zero-order chi connectivity index (χ0) is 47.9. The van der Waals surface area contributed by atoms with Crippen molar-refractivity contribution in [3.05, 3.63) is 92.8 Å². The van der Waals surface area contributed by atoms with Gasteiger partial charge in [-0.25, -0.2) is 14.2 Å². The number of piperazine rings is 1. The van der Waals surface area contributed by atoms with Gasteiger partial charge in [0.1, 0.15) is 30.6 Å². The van der Waals surface area contributed by atoms with Gasteiger partial charge in [0, 0.05) is 99.5 Å². The Morgan fingerprint density at radius 1 is 0.926 bits per heavy atom. The summed E-state index contributed by atoms with van der Waals surface area (Å²) in [5.74, 6) is 0.352. The van der Waals surface area contributed by atoms with Crippen LogP contribution in [0.5, 0.6) is 5.75 Å². The third kappa shape index (κ3) is 9.52. The van der Waals surface area contributed by atoms with Crippen molar-refractivity contribution in [2.45, 2.75) is 64.5 Å². The Morgan fingerprint density at radius 2 is 1.69 bits per heavy atom. The Bertz CT molecular complexity index is 3010. The number of imide groups is 1. The molecule has 9 rings (SSSR count). The fourth-order valence-corrected chi connectivity index (χ4v) is 12.0. The van der Waals surface area contributed by atoms with Crippen LogP contribution in [0.15, 0.2) is 70.2 Å². The number of pyridine rings is 1. The van der Waals surface area contributed by atoms with Crippen molar-refractivity contribution in [1.82, 2.24) is 39.2 Å². The number of ether oxygens (including phenoxy) is 1. The number of fused-ring (bicyclic) bond motifs is 2. The summed E-state index contributed by atoms with van der Waals surface area (Å²) in [4.78, 5) is 59.5. The minimum Gasteiger partial charge on any atom is -0.492 e. The van der Waals surface area contributed by atoms with E-state index in [1.807, 2.05) is 31.2 Å². The number of hydrogen-bond donors (Lipinski definition) is 3. The summed E-state index contributed by atoms with van der Waals surface area (Å²) in [5, 5.41) is 10.7. The number of benzene rings is 3. The molecule has 0 spiro atoms. The molecular formula is C49H58BrFN11O5P. The molecule has 0 bridgehead atoms. The van der Waals surface area contributed by atoms with E-state index in [2.05, 4.69) is 75.6 Å². The van der Waals surface area contributed by atoms with Gasteiger partial charge in [0.25, 0.3) is 0 Å². The first-order valence-electron chi connectivity index (χ1n) is 23.4. The van der Waals surface area contributed by atoms with E-state index in [-0.39, 0.29) is 24.6 Å². The van der Waals surface area contributed by atoms with Crippen molar-refractivity contribution >= 4 is 91.0 Å². The third-order valence-corrected chi connectivity index (χ3v) is 15.8. The van der Waals surface area contributed by atoms with Crippen molar-refractivity contribution in [2.24, 2.45) is 7.05 Å². The van der Waals surface area contributed by atoms with Gasteiger partial charge in [-0.05, 0) is 98.1 Å². The quantitative estimate of drug-likeness (QED) is 0.0748. The number of piperidine rings is 2. The Hall–Kier alpha value is -5.68. The van der Waals surface area contributed by atoms with E-state index < -0.39 is 24.8 Å². The predicted molar refractivity (Wildman–Crippen MR) is 270 cm³/mol. The maximum absolute atomic E-state index is 15.5. The number of nitrogens with zero attached hydrogens (tertiary/aromatic N) is 8. The monoisotopic (exact) mass is 1010 g/mol. The van der Waals surface area contributed by atoms with Gasteiger partial charge in [-0.3, -0.25) is 33.9 Å². The van der Waals surface area contributed by atoms with E-state index >= 15 is 4.39 Å². The SMILES string of the molecule is CCOc1cc(N2CCC(N3CCN(CCc4c(F)ccc5c4n(C)c(=O)n5C4CCC(=O)NC4=O)CC3)CC2)c(CC)cc1Nc1ncc(Br)c(Nc2cnc3ccccc3c2P(C)(C)=O)n1. The van der Waals surface area contributed by atoms with Crippen molar-refractivity contribution in [2.75, 3.05) is 81.3 Å². The van der Waals surface area contributed by atoms with Crippen molar-refractivity contribution < 1.29 is 23.3 Å². The number of carbonyl (C=O) groups is 2. The van der Waals surface area contributed by atoms with Crippen LogP contribution in [0.25, 0.3) is 21.9 Å². The van der Waals surface area contributed by atoms with Gasteiger partial charge in [-0.2, -0.15) is 4.98 Å². The highest BCUT2D eigenvalue weighted by atomic mass is 79.9. The zero-order valence-corrected chi connectivity index (χ0v) is 41.6. The number of amides is 2. The fourth-order valence-electron chi connectivity index (χ4n) is 10.2. The van der Waals surface area contributed by atoms with Gasteiger partial charge in [-0.1, -0.05) is 25.1 Å². The summed E-state index contributed by atoms with van der Waals surface area (Å²) in [7, 11) is -1.12. The van der Waals surface area contributed by atoms with E-state index in [0.717, 1.165) is 80.8 Å². The number of hydrogen-bond acceptors (Lipinski definition) is 13. The van der Waals surface area contributed by atoms with Crippen molar-refractivity contribution in [3.8, 4) is 5.75 Å². The lowest BCUT2D eigenvalue weighted by Crippen LogP contribution is -2.53. The van der Waals surface area contributed by atoms with Crippen LogP contribution in [0, 0.1) is 5.82 Å². The minimum absolute atomic E-state index is 0.144. The van der Waals surface area contributed by atoms with Gasteiger partial charge in [0.15, 0.2) is 0 Å². The van der Waals surface area contributed by atoms with E-state index in [1.165, 1.54) is 20.8 Å². The summed E-state index contributed by atoms with van der Waals surface area (Å²) in [6, 6.07) is 14.6. The molecular weight excluding hydrogens is 952 g/mol. The second kappa shape index (κ2) is 19.7. The van der Waals surface area contributed by atoms with Gasteiger partial charge >= 0.3 is 5.69 Å². The van der Waals surface area contributed by atoms with Crippen LogP contribution in [-0.2, 0) is 34.0 Å². The highest BCUT2D eigenvalue weighted by molar-refractivity contribution is 9.10. The summed E-state index contributed by atoms with van der Waals surface area (Å²) >= 11 is 3.61. The summed E-state index contributed by atoms with van der Waals surface area (Å²) < 4.78 is 38.8. The topological polar surface area (TPSA) is 172 Å². The van der Waals surface area contributed by atoms with Crippen molar-refractivity contribution in [1.29, 1.82) is 0 Å². The van der Waals surface area contributed by atoms with Gasteiger partial charge < -0.3 is 29.7 Å². The molecule has 0 radical (unpaired) electrons. The van der Waals surface area contributed by atoms with E-state index in [1.54, 1.807) is 38.8 Å². The molecule has 3 fully saturated rings. The third-order valence-electron chi connectivity index (χ3n) is 13.6. The predicted octanol–water partition coefficient (Wildman–Crippen LogP) is 7.08. The molecule has 2 amide bonds. The van der Waals surface area contributed by atoms with Crippen LogP contribution in [0.1, 0.15) is 56.7 Å². The molecule has 0 saturated carbocycles. The second-order valence-electron chi connectivity index (χ2n) is 18.2. The molecule has 6 aromatic rings. The highest BCUT2D eigenvalue weighted by Gasteiger charge is 2.33. The lowest BCUT2D eigenvalue weighted by molar-refractivity contribution is -0.135. The van der Waals surface area contributed by atoms with E-state index in [0.29, 0.717) is 75.2 Å². The van der Waals surface area contributed by atoms with Crippen LogP contribution in [0.2, 0.25) is 0 Å². The number of aryl methyl sites for hydroxylation is 2. The summed E-state index contributed by atoms with van der Waals surface area (Å²) in [6.45, 7) is 14.2. The summed E-state index contributed by atoms with van der Waals surface area (Å²) in [6.07, 6.45) is 7.06. The molecule has 19 heteroatoms. The van der Waals surface area contributed by atoms with Gasteiger partial charge in [0.05, 0.1) is 45.2 Å². The van der Waals surface area contributed by atoms with E-state index in [9.17, 15) is 18.9 Å². The maximum Gasteiger partial charge on any atom is 0.329 e. The van der Waals surface area contributed by atoms with Gasteiger partial charge in [0.2, 0.25) is 17.8 Å². The molecule has 3 aliphatic heterocycles. The Kier molecular flexibility index (Phi) is 13.8. The first-order chi connectivity index (χ1) is 32.7. The number of carbonyl (C=O) groups excluding carboxylic acids is 2. The average molecular weight is 1010 g/mol. The minimum atomic E-state index is -2.73. The summed E-state index contributed by atoms with van der Waals surface area (Å²) in [5.41, 5.74) is 5.58. The lowest BCUT2D eigenvalue weighted by Gasteiger charge is -2.43. The zero-order valence-electron chi connectivity index (χ0n) is 39.1. The normalized spacial score (nSPS) is 17.8. The lowest BCUT2D eigenvalue weighted by atomic mass is 9.99. The molecule has 3 aromatic carbocycles. The molecule has 358 valence electrons. The van der Waals surface area contributed by atoms with Gasteiger partial charge in [-0.15, -0.1) is 0 Å². The van der Waals surface area contributed by atoms with Crippen LogP contribution >= 0.6 is 23.1 Å². The molecule has 3 aliphatic rings. The standard InChI is InChI=1S/C49H58BrFN11O5P/c1-6-30-26-37(55-48-53-28-34(50)46(57-48)54-38-29-52-36-11-9-8-10-33(36)45(38)68(4,5)66)42(67-7-2)27-41(30)61-20-16-31(17-21-61)60-24-22-59(23-25-60)19-18-32-35(51)12-13-39-44(32)58(3)49(65)62(39)40-14-15-43(63)56-47(40)64/h8-13,26-29,31,40H,6-7,14-25H2,1-5H3,(H,56,63,64)(H2,53,54,55,57). The molecule has 3 saturated heterocycles. The Morgan fingerprint density at radius 3 is 2.41 bits per heavy atom. The number of imidazole rings is 1.